The standard InChI is InChI=1S/C12H13F2N3/c1-2-6-17-7-5-15-12(17)16-11-4-3-9(13)8-10(11)14/h3-5,7-8H,2,6H2,1H3,(H,15,16). The minimum atomic E-state index is -0.629. The first-order valence-corrected chi connectivity index (χ1v) is 5.44. The predicted octanol–water partition coefficient (Wildman–Crippen LogP) is 3.31. The molecule has 90 valence electrons. The minimum absolute atomic E-state index is 0.218. The van der Waals surface area contributed by atoms with Crippen molar-refractivity contribution in [3.63, 3.8) is 0 Å². The maximum absolute atomic E-state index is 13.4. The maximum Gasteiger partial charge on any atom is 0.207 e. The van der Waals surface area contributed by atoms with Crippen LogP contribution in [0.5, 0.6) is 0 Å². The van der Waals surface area contributed by atoms with Crippen molar-refractivity contribution < 1.29 is 8.78 Å². The number of hydrogen-bond acceptors (Lipinski definition) is 2. The van der Waals surface area contributed by atoms with Crippen LogP contribution in [-0.2, 0) is 6.54 Å². The van der Waals surface area contributed by atoms with E-state index in [2.05, 4.69) is 10.3 Å². The SMILES string of the molecule is CCCn1ccnc1Nc1ccc(F)cc1F. The first kappa shape index (κ1) is 11.6. The van der Waals surface area contributed by atoms with E-state index < -0.39 is 11.6 Å². The normalized spacial score (nSPS) is 10.5. The molecule has 0 saturated carbocycles. The number of aromatic nitrogens is 2. The van der Waals surface area contributed by atoms with Crippen molar-refractivity contribution in [2.75, 3.05) is 5.32 Å². The zero-order chi connectivity index (χ0) is 12.3. The van der Waals surface area contributed by atoms with E-state index in [1.165, 1.54) is 12.1 Å². The summed E-state index contributed by atoms with van der Waals surface area (Å²) in [5.74, 6) is -0.668. The van der Waals surface area contributed by atoms with Gasteiger partial charge in [-0.2, -0.15) is 0 Å². The Morgan fingerprint density at radius 2 is 2.18 bits per heavy atom. The lowest BCUT2D eigenvalue weighted by atomic mass is 10.3. The topological polar surface area (TPSA) is 29.9 Å². The Morgan fingerprint density at radius 3 is 2.88 bits per heavy atom. The van der Waals surface area contributed by atoms with Crippen molar-refractivity contribution >= 4 is 11.6 Å². The van der Waals surface area contributed by atoms with Crippen molar-refractivity contribution in [3.05, 3.63) is 42.2 Å². The number of imidazole rings is 1. The van der Waals surface area contributed by atoms with Gasteiger partial charge in [0.15, 0.2) is 0 Å². The van der Waals surface area contributed by atoms with Gasteiger partial charge in [-0.3, -0.25) is 0 Å². The molecule has 0 saturated heterocycles. The first-order chi connectivity index (χ1) is 8.20. The highest BCUT2D eigenvalue weighted by Crippen LogP contribution is 2.19. The summed E-state index contributed by atoms with van der Waals surface area (Å²) in [6.45, 7) is 2.84. The molecule has 0 aliphatic rings. The molecule has 0 aliphatic heterocycles. The maximum atomic E-state index is 13.4. The zero-order valence-electron chi connectivity index (χ0n) is 9.45. The molecule has 3 nitrogen and oxygen atoms in total. The quantitative estimate of drug-likeness (QED) is 0.884. The number of nitrogens with zero attached hydrogens (tertiary/aromatic N) is 2. The Kier molecular flexibility index (Phi) is 3.37. The summed E-state index contributed by atoms with van der Waals surface area (Å²) in [5, 5.41) is 2.84. The van der Waals surface area contributed by atoms with E-state index in [9.17, 15) is 8.78 Å². The molecule has 2 aromatic rings. The monoisotopic (exact) mass is 237 g/mol. The third kappa shape index (κ3) is 2.61. The highest BCUT2D eigenvalue weighted by Gasteiger charge is 2.07. The molecular formula is C12H13F2N3. The average molecular weight is 237 g/mol. The van der Waals surface area contributed by atoms with Crippen LogP contribution in [0.2, 0.25) is 0 Å². The third-order valence-corrected chi connectivity index (χ3v) is 2.36. The summed E-state index contributed by atoms with van der Waals surface area (Å²) >= 11 is 0. The first-order valence-electron chi connectivity index (χ1n) is 5.44. The summed E-state index contributed by atoms with van der Waals surface area (Å²) in [6.07, 6.45) is 4.41. The van der Waals surface area contributed by atoms with Crippen molar-refractivity contribution in [1.29, 1.82) is 0 Å². The lowest BCUT2D eigenvalue weighted by molar-refractivity contribution is 0.585. The van der Waals surface area contributed by atoms with Crippen molar-refractivity contribution in [1.82, 2.24) is 9.55 Å². The van der Waals surface area contributed by atoms with E-state index in [0.29, 0.717) is 5.95 Å². The number of anilines is 2. The van der Waals surface area contributed by atoms with Gasteiger partial charge in [-0.15, -0.1) is 0 Å². The van der Waals surface area contributed by atoms with Crippen molar-refractivity contribution in [2.45, 2.75) is 19.9 Å². The van der Waals surface area contributed by atoms with E-state index in [0.717, 1.165) is 19.0 Å². The summed E-state index contributed by atoms with van der Waals surface area (Å²) in [7, 11) is 0. The third-order valence-electron chi connectivity index (χ3n) is 2.36. The fourth-order valence-corrected chi connectivity index (χ4v) is 1.57. The Hall–Kier alpha value is -1.91. The molecule has 1 aromatic heterocycles. The van der Waals surface area contributed by atoms with Crippen LogP contribution >= 0.6 is 0 Å². The van der Waals surface area contributed by atoms with E-state index in [-0.39, 0.29) is 5.69 Å². The molecule has 1 N–H and O–H groups in total. The number of benzene rings is 1. The second-order valence-electron chi connectivity index (χ2n) is 3.69. The fraction of sp³-hybridized carbons (Fsp3) is 0.250. The highest BCUT2D eigenvalue weighted by atomic mass is 19.1. The smallest absolute Gasteiger partial charge is 0.207 e. The van der Waals surface area contributed by atoms with Crippen LogP contribution in [-0.4, -0.2) is 9.55 Å². The summed E-state index contributed by atoms with van der Waals surface area (Å²) in [5.41, 5.74) is 0.218. The molecule has 17 heavy (non-hydrogen) atoms. The molecule has 1 heterocycles. The molecule has 0 amide bonds. The van der Waals surface area contributed by atoms with E-state index in [1.54, 1.807) is 6.20 Å². The van der Waals surface area contributed by atoms with Gasteiger partial charge in [0.05, 0.1) is 5.69 Å². The van der Waals surface area contributed by atoms with E-state index >= 15 is 0 Å². The van der Waals surface area contributed by atoms with Gasteiger partial charge in [-0.05, 0) is 18.6 Å². The van der Waals surface area contributed by atoms with Crippen LogP contribution in [0.25, 0.3) is 0 Å². The van der Waals surface area contributed by atoms with Gasteiger partial charge >= 0.3 is 0 Å². The lowest BCUT2D eigenvalue weighted by Gasteiger charge is -2.09. The number of rotatable bonds is 4. The van der Waals surface area contributed by atoms with Gasteiger partial charge in [-0.1, -0.05) is 6.92 Å². The summed E-state index contributed by atoms with van der Waals surface area (Å²) in [6, 6.07) is 3.41. The molecule has 0 atom stereocenters. The molecule has 5 heteroatoms. The van der Waals surface area contributed by atoms with Gasteiger partial charge in [0.1, 0.15) is 11.6 Å². The number of halogens is 2. The van der Waals surface area contributed by atoms with Gasteiger partial charge in [-0.25, -0.2) is 13.8 Å². The Morgan fingerprint density at radius 1 is 1.35 bits per heavy atom. The Bertz CT molecular complexity index is 508. The van der Waals surface area contributed by atoms with Crippen LogP contribution in [0.3, 0.4) is 0 Å². The second kappa shape index (κ2) is 4.95. The minimum Gasteiger partial charge on any atom is -0.323 e. The molecule has 0 radical (unpaired) electrons. The summed E-state index contributed by atoms with van der Waals surface area (Å²) < 4.78 is 28.0. The van der Waals surface area contributed by atoms with Gasteiger partial charge in [0.25, 0.3) is 0 Å². The molecule has 0 aliphatic carbocycles. The lowest BCUT2D eigenvalue weighted by Crippen LogP contribution is -2.04. The van der Waals surface area contributed by atoms with E-state index in [4.69, 9.17) is 0 Å². The number of nitrogens with one attached hydrogen (secondary N) is 1. The second-order valence-corrected chi connectivity index (χ2v) is 3.69. The zero-order valence-corrected chi connectivity index (χ0v) is 9.45. The number of aryl methyl sites for hydroxylation is 1. The predicted molar refractivity (Wildman–Crippen MR) is 62.2 cm³/mol. The largest absolute Gasteiger partial charge is 0.323 e. The van der Waals surface area contributed by atoms with Gasteiger partial charge in [0, 0.05) is 25.0 Å². The Labute approximate surface area is 98.1 Å². The summed E-state index contributed by atoms with van der Waals surface area (Å²) in [4.78, 5) is 4.09. The number of hydrogen-bond donors (Lipinski definition) is 1. The molecule has 0 fully saturated rings. The van der Waals surface area contributed by atoms with Gasteiger partial charge < -0.3 is 9.88 Å². The Balaban J connectivity index is 2.22. The van der Waals surface area contributed by atoms with Crippen molar-refractivity contribution in [3.8, 4) is 0 Å². The van der Waals surface area contributed by atoms with Crippen LogP contribution in [0.4, 0.5) is 20.4 Å². The molecule has 0 spiro atoms. The molecule has 2 rings (SSSR count). The van der Waals surface area contributed by atoms with E-state index in [1.807, 2.05) is 17.7 Å². The van der Waals surface area contributed by atoms with Gasteiger partial charge in [0.2, 0.25) is 5.95 Å². The molecule has 1 aromatic carbocycles. The fourth-order valence-electron chi connectivity index (χ4n) is 1.57. The van der Waals surface area contributed by atoms with Crippen LogP contribution in [0, 0.1) is 11.6 Å². The molecule has 0 unspecified atom stereocenters. The highest BCUT2D eigenvalue weighted by molar-refractivity contribution is 5.54. The molecular weight excluding hydrogens is 224 g/mol. The molecule has 0 bridgehead atoms. The van der Waals surface area contributed by atoms with Crippen LogP contribution in [0.1, 0.15) is 13.3 Å². The van der Waals surface area contributed by atoms with Crippen molar-refractivity contribution in [2.24, 2.45) is 0 Å². The average Bonchev–Trinajstić information content (AvgIpc) is 2.71. The van der Waals surface area contributed by atoms with Crippen LogP contribution in [0.15, 0.2) is 30.6 Å². The van der Waals surface area contributed by atoms with Crippen LogP contribution < -0.4 is 5.32 Å².